The quantitative estimate of drug-likeness (QED) is 0.904. The molecule has 2 nitrogen and oxygen atoms in total. The maximum absolute atomic E-state index is 5.76. The summed E-state index contributed by atoms with van der Waals surface area (Å²) in [7, 11) is 2.19. The zero-order chi connectivity index (χ0) is 11.7. The average Bonchev–Trinajstić information content (AvgIpc) is 2.58. The third-order valence-corrected chi connectivity index (χ3v) is 3.88. The maximum atomic E-state index is 5.76. The molecule has 0 aromatic heterocycles. The molecule has 2 N–H and O–H groups in total. The van der Waals surface area contributed by atoms with Crippen LogP contribution in [0.5, 0.6) is 0 Å². The summed E-state index contributed by atoms with van der Waals surface area (Å²) in [6.07, 6.45) is 1.18. The van der Waals surface area contributed by atoms with E-state index in [1.54, 1.807) is 0 Å². The van der Waals surface area contributed by atoms with Gasteiger partial charge in [0.1, 0.15) is 0 Å². The zero-order valence-electron chi connectivity index (χ0n) is 9.91. The minimum Gasteiger partial charge on any atom is -0.330 e. The third-order valence-electron chi connectivity index (χ3n) is 3.42. The van der Waals surface area contributed by atoms with Crippen LogP contribution >= 0.6 is 15.9 Å². The first-order valence-electron chi connectivity index (χ1n) is 5.77. The van der Waals surface area contributed by atoms with E-state index in [1.807, 2.05) is 0 Å². The molecule has 1 aromatic rings. The smallest absolute Gasteiger partial charge is 0.0349 e. The lowest BCUT2D eigenvalue weighted by Gasteiger charge is -2.20. The first kappa shape index (κ1) is 12.1. The monoisotopic (exact) mass is 282 g/mol. The molecule has 3 heteroatoms. The Kier molecular flexibility index (Phi) is 3.67. The molecule has 0 aliphatic carbocycles. The highest BCUT2D eigenvalue weighted by atomic mass is 79.9. The molecule has 0 amide bonds. The van der Waals surface area contributed by atoms with Crippen molar-refractivity contribution in [2.24, 2.45) is 11.7 Å². The van der Waals surface area contributed by atoms with Crippen LogP contribution in [0.1, 0.15) is 23.6 Å². The van der Waals surface area contributed by atoms with Crippen LogP contribution in [-0.2, 0) is 0 Å². The van der Waals surface area contributed by atoms with E-state index in [0.717, 1.165) is 13.1 Å². The minimum absolute atomic E-state index is 0.532. The molecule has 2 rings (SSSR count). The number of hydrogen-bond donors (Lipinski definition) is 1. The Balaban J connectivity index is 2.24. The molecule has 2 atom stereocenters. The van der Waals surface area contributed by atoms with Crippen molar-refractivity contribution in [3.05, 3.63) is 33.8 Å². The summed E-state index contributed by atoms with van der Waals surface area (Å²) < 4.78 is 1.17. The fourth-order valence-corrected chi connectivity index (χ4v) is 3.25. The SMILES string of the molecule is Cc1cc(Br)cc(C2CC(CN)CN2C)c1. The summed E-state index contributed by atoms with van der Waals surface area (Å²) in [6.45, 7) is 4.06. The fourth-order valence-electron chi connectivity index (χ4n) is 2.62. The summed E-state index contributed by atoms with van der Waals surface area (Å²) in [5.41, 5.74) is 8.48. The van der Waals surface area contributed by atoms with Gasteiger partial charge in [-0.3, -0.25) is 4.90 Å². The molecule has 88 valence electrons. The molecule has 1 heterocycles. The van der Waals surface area contributed by atoms with Crippen molar-refractivity contribution in [2.45, 2.75) is 19.4 Å². The molecule has 0 spiro atoms. The molecular weight excluding hydrogens is 264 g/mol. The number of halogens is 1. The van der Waals surface area contributed by atoms with Crippen molar-refractivity contribution in [1.82, 2.24) is 4.90 Å². The Bertz CT molecular complexity index is 358. The Morgan fingerprint density at radius 2 is 2.19 bits per heavy atom. The van der Waals surface area contributed by atoms with Gasteiger partial charge in [-0.05, 0) is 56.1 Å². The van der Waals surface area contributed by atoms with E-state index in [-0.39, 0.29) is 0 Å². The molecule has 1 aliphatic rings. The van der Waals surface area contributed by atoms with E-state index in [2.05, 4.69) is 53.0 Å². The standard InChI is InChI=1S/C13H19BrN2/c1-9-3-11(6-12(14)4-9)13-5-10(7-15)8-16(13)2/h3-4,6,10,13H,5,7-8,15H2,1-2H3. The topological polar surface area (TPSA) is 29.3 Å². The average molecular weight is 283 g/mol. The second-order valence-corrected chi connectivity index (χ2v) is 5.77. The lowest BCUT2D eigenvalue weighted by molar-refractivity contribution is 0.313. The predicted molar refractivity (Wildman–Crippen MR) is 71.4 cm³/mol. The summed E-state index contributed by atoms with van der Waals surface area (Å²) in [5.74, 6) is 0.647. The molecule has 1 fully saturated rings. The molecule has 0 bridgehead atoms. The van der Waals surface area contributed by atoms with E-state index in [9.17, 15) is 0 Å². The van der Waals surface area contributed by atoms with E-state index in [1.165, 1.54) is 22.0 Å². The molecule has 0 radical (unpaired) electrons. The van der Waals surface area contributed by atoms with Gasteiger partial charge in [0.05, 0.1) is 0 Å². The number of rotatable bonds is 2. The van der Waals surface area contributed by atoms with Crippen molar-refractivity contribution < 1.29 is 0 Å². The van der Waals surface area contributed by atoms with Gasteiger partial charge in [-0.15, -0.1) is 0 Å². The van der Waals surface area contributed by atoms with Crippen LogP contribution in [0.2, 0.25) is 0 Å². The lowest BCUT2D eigenvalue weighted by Crippen LogP contribution is -2.20. The molecule has 16 heavy (non-hydrogen) atoms. The molecule has 1 saturated heterocycles. The molecule has 1 aromatic carbocycles. The highest BCUT2D eigenvalue weighted by molar-refractivity contribution is 9.10. The van der Waals surface area contributed by atoms with Gasteiger partial charge >= 0.3 is 0 Å². The van der Waals surface area contributed by atoms with Crippen LogP contribution in [0.4, 0.5) is 0 Å². The van der Waals surface area contributed by atoms with Crippen molar-refractivity contribution in [3.8, 4) is 0 Å². The van der Waals surface area contributed by atoms with Crippen LogP contribution in [0.3, 0.4) is 0 Å². The Morgan fingerprint density at radius 1 is 1.44 bits per heavy atom. The Labute approximate surface area is 106 Å². The predicted octanol–water partition coefficient (Wildman–Crippen LogP) is 2.71. The van der Waals surface area contributed by atoms with Crippen LogP contribution in [-0.4, -0.2) is 25.0 Å². The minimum atomic E-state index is 0.532. The van der Waals surface area contributed by atoms with Gasteiger partial charge < -0.3 is 5.73 Å². The second kappa shape index (κ2) is 4.86. The first-order valence-corrected chi connectivity index (χ1v) is 6.57. The van der Waals surface area contributed by atoms with Gasteiger partial charge in [0, 0.05) is 17.1 Å². The summed E-state index contributed by atoms with van der Waals surface area (Å²) in [4.78, 5) is 2.42. The molecular formula is C13H19BrN2. The van der Waals surface area contributed by atoms with Crippen molar-refractivity contribution in [3.63, 3.8) is 0 Å². The van der Waals surface area contributed by atoms with Gasteiger partial charge in [0.25, 0.3) is 0 Å². The second-order valence-electron chi connectivity index (χ2n) is 4.85. The fraction of sp³-hybridized carbons (Fsp3) is 0.538. The lowest BCUT2D eigenvalue weighted by atomic mass is 9.99. The molecule has 0 saturated carbocycles. The molecule has 1 aliphatic heterocycles. The summed E-state index contributed by atoms with van der Waals surface area (Å²) >= 11 is 3.57. The normalized spacial score (nSPS) is 26.2. The van der Waals surface area contributed by atoms with Crippen LogP contribution in [0.25, 0.3) is 0 Å². The first-order chi connectivity index (χ1) is 7.60. The number of nitrogens with two attached hydrogens (primary N) is 1. The van der Waals surface area contributed by atoms with E-state index >= 15 is 0 Å². The number of likely N-dealkylation sites (tertiary alicyclic amines) is 1. The van der Waals surface area contributed by atoms with Gasteiger partial charge in [-0.1, -0.05) is 22.0 Å². The van der Waals surface area contributed by atoms with Gasteiger partial charge in [-0.25, -0.2) is 0 Å². The Hall–Kier alpha value is -0.380. The molecule has 2 unspecified atom stereocenters. The van der Waals surface area contributed by atoms with E-state index < -0.39 is 0 Å². The highest BCUT2D eigenvalue weighted by Crippen LogP contribution is 2.35. The maximum Gasteiger partial charge on any atom is 0.0349 e. The van der Waals surface area contributed by atoms with Crippen LogP contribution in [0.15, 0.2) is 22.7 Å². The van der Waals surface area contributed by atoms with E-state index in [0.29, 0.717) is 12.0 Å². The third kappa shape index (κ3) is 2.47. The highest BCUT2D eigenvalue weighted by Gasteiger charge is 2.29. The zero-order valence-corrected chi connectivity index (χ0v) is 11.5. The number of nitrogens with zero attached hydrogens (tertiary/aromatic N) is 1. The number of benzene rings is 1. The number of aryl methyl sites for hydroxylation is 1. The van der Waals surface area contributed by atoms with E-state index in [4.69, 9.17) is 5.73 Å². The summed E-state index contributed by atoms with van der Waals surface area (Å²) in [6, 6.07) is 7.20. The van der Waals surface area contributed by atoms with Gasteiger partial charge in [0.2, 0.25) is 0 Å². The number of hydrogen-bond acceptors (Lipinski definition) is 2. The van der Waals surface area contributed by atoms with Crippen LogP contribution in [0, 0.1) is 12.8 Å². The summed E-state index contributed by atoms with van der Waals surface area (Å²) in [5, 5.41) is 0. The Morgan fingerprint density at radius 3 is 2.75 bits per heavy atom. The van der Waals surface area contributed by atoms with Crippen molar-refractivity contribution >= 4 is 15.9 Å². The van der Waals surface area contributed by atoms with Crippen molar-refractivity contribution in [2.75, 3.05) is 20.1 Å². The largest absolute Gasteiger partial charge is 0.330 e. The van der Waals surface area contributed by atoms with Gasteiger partial charge in [0.15, 0.2) is 0 Å². The van der Waals surface area contributed by atoms with Crippen molar-refractivity contribution in [1.29, 1.82) is 0 Å². The van der Waals surface area contributed by atoms with Crippen LogP contribution < -0.4 is 5.73 Å². The van der Waals surface area contributed by atoms with Gasteiger partial charge in [-0.2, -0.15) is 0 Å².